The molecule has 3 heterocycles. The number of halogens is 4. The van der Waals surface area contributed by atoms with Gasteiger partial charge < -0.3 is 18.8 Å². The molecule has 11 heteroatoms. The number of furan rings is 1. The predicted molar refractivity (Wildman–Crippen MR) is 122 cm³/mol. The van der Waals surface area contributed by atoms with Crippen LogP contribution in [0.4, 0.5) is 13.2 Å². The van der Waals surface area contributed by atoms with Crippen LogP contribution in [0.15, 0.2) is 64.6 Å². The van der Waals surface area contributed by atoms with Crippen molar-refractivity contribution in [2.45, 2.75) is 19.3 Å². The summed E-state index contributed by atoms with van der Waals surface area (Å²) < 4.78 is 54.8. The fourth-order valence-electron chi connectivity index (χ4n) is 3.54. The minimum absolute atomic E-state index is 0.0930. The van der Waals surface area contributed by atoms with Crippen molar-refractivity contribution < 1.29 is 31.9 Å². The summed E-state index contributed by atoms with van der Waals surface area (Å²) in [5.41, 5.74) is 0.542. The van der Waals surface area contributed by atoms with E-state index in [-0.39, 0.29) is 31.5 Å². The Hall–Kier alpha value is -3.50. The number of hydrogen-bond acceptors (Lipinski definition) is 6. The fraction of sp³-hybridized carbons (Fsp3) is 0.167. The molecule has 180 valence electrons. The zero-order valence-corrected chi connectivity index (χ0v) is 19.4. The van der Waals surface area contributed by atoms with Gasteiger partial charge in [-0.3, -0.25) is 4.79 Å². The summed E-state index contributed by atoms with van der Waals surface area (Å²) in [4.78, 5) is 19.3. The SMILES string of the molecule is O=C(c1csc(-c2ccc(C(F)(F)F)cc2)n1)N(Cc1ccco1)Cc1cc2c(cc1Cl)OCO2. The lowest BCUT2D eigenvalue weighted by Crippen LogP contribution is -2.30. The number of benzene rings is 2. The molecule has 0 bridgehead atoms. The summed E-state index contributed by atoms with van der Waals surface area (Å²) >= 11 is 7.59. The minimum atomic E-state index is -4.43. The number of nitrogens with zero attached hydrogens (tertiary/aromatic N) is 2. The van der Waals surface area contributed by atoms with Crippen LogP contribution in [0.5, 0.6) is 11.5 Å². The normalized spacial score (nSPS) is 12.7. The van der Waals surface area contributed by atoms with Crippen LogP contribution in [0.1, 0.15) is 27.4 Å². The molecule has 0 atom stereocenters. The molecule has 0 saturated heterocycles. The van der Waals surface area contributed by atoms with Crippen LogP contribution in [0.3, 0.4) is 0 Å². The highest BCUT2D eigenvalue weighted by Gasteiger charge is 2.30. The number of alkyl halides is 3. The summed E-state index contributed by atoms with van der Waals surface area (Å²) in [6, 6.07) is 11.5. The van der Waals surface area contributed by atoms with Gasteiger partial charge in [0, 0.05) is 28.6 Å². The third-order valence-corrected chi connectivity index (χ3v) is 6.54. The first-order chi connectivity index (χ1) is 16.8. The van der Waals surface area contributed by atoms with Gasteiger partial charge >= 0.3 is 6.18 Å². The largest absolute Gasteiger partial charge is 0.467 e. The van der Waals surface area contributed by atoms with Gasteiger partial charge in [-0.1, -0.05) is 23.7 Å². The van der Waals surface area contributed by atoms with Gasteiger partial charge in [-0.05, 0) is 35.9 Å². The van der Waals surface area contributed by atoms with Crippen LogP contribution < -0.4 is 9.47 Å². The van der Waals surface area contributed by atoms with Crippen molar-refractivity contribution in [3.05, 3.63) is 87.8 Å². The lowest BCUT2D eigenvalue weighted by atomic mass is 10.1. The Kier molecular flexibility index (Phi) is 6.16. The minimum Gasteiger partial charge on any atom is -0.467 e. The van der Waals surface area contributed by atoms with Gasteiger partial charge in [0.15, 0.2) is 11.5 Å². The van der Waals surface area contributed by atoms with Gasteiger partial charge in [-0.15, -0.1) is 11.3 Å². The van der Waals surface area contributed by atoms with Gasteiger partial charge in [-0.25, -0.2) is 4.98 Å². The highest BCUT2D eigenvalue weighted by Crippen LogP contribution is 2.38. The summed E-state index contributed by atoms with van der Waals surface area (Å²) in [7, 11) is 0. The Labute approximate surface area is 206 Å². The number of fused-ring (bicyclic) bond motifs is 1. The Bertz CT molecular complexity index is 1350. The van der Waals surface area contributed by atoms with Gasteiger partial charge in [0.25, 0.3) is 5.91 Å². The number of ether oxygens (including phenoxy) is 2. The molecular weight excluding hydrogens is 505 g/mol. The van der Waals surface area contributed by atoms with Crippen LogP contribution in [0.25, 0.3) is 10.6 Å². The highest BCUT2D eigenvalue weighted by molar-refractivity contribution is 7.13. The number of hydrogen-bond donors (Lipinski definition) is 0. The second-order valence-electron chi connectivity index (χ2n) is 7.65. The molecule has 2 aromatic heterocycles. The fourth-order valence-corrected chi connectivity index (χ4v) is 4.56. The zero-order chi connectivity index (χ0) is 24.6. The molecule has 35 heavy (non-hydrogen) atoms. The Morgan fingerprint density at radius 2 is 1.83 bits per heavy atom. The lowest BCUT2D eigenvalue weighted by Gasteiger charge is -2.21. The number of amides is 1. The van der Waals surface area contributed by atoms with E-state index < -0.39 is 11.7 Å². The summed E-state index contributed by atoms with van der Waals surface area (Å²) in [5.74, 6) is 1.24. The highest BCUT2D eigenvalue weighted by atomic mass is 35.5. The van der Waals surface area contributed by atoms with Crippen LogP contribution in [0.2, 0.25) is 5.02 Å². The monoisotopic (exact) mass is 520 g/mol. The van der Waals surface area contributed by atoms with Crippen LogP contribution >= 0.6 is 22.9 Å². The standard InChI is InChI=1S/C24H16ClF3N2O4S/c25-18-9-21-20(33-13-34-21)8-15(18)10-30(11-17-2-1-7-32-17)23(31)19-12-35-22(29-19)14-3-5-16(6-4-14)24(26,27)28/h1-9,12H,10-11,13H2. The smallest absolute Gasteiger partial charge is 0.416 e. The average Bonchev–Trinajstić information content (AvgIpc) is 3.60. The van der Waals surface area contributed by atoms with Crippen LogP contribution in [0, 0.1) is 0 Å². The zero-order valence-electron chi connectivity index (χ0n) is 17.8. The number of carbonyl (C=O) groups is 1. The second-order valence-corrected chi connectivity index (χ2v) is 8.92. The first-order valence-electron chi connectivity index (χ1n) is 10.3. The van der Waals surface area contributed by atoms with E-state index >= 15 is 0 Å². The Morgan fingerprint density at radius 1 is 1.09 bits per heavy atom. The van der Waals surface area contributed by atoms with Crippen molar-refractivity contribution in [2.75, 3.05) is 6.79 Å². The van der Waals surface area contributed by atoms with Crippen LogP contribution in [-0.2, 0) is 19.3 Å². The van der Waals surface area contributed by atoms with Crippen molar-refractivity contribution in [1.82, 2.24) is 9.88 Å². The summed E-state index contributed by atoms with van der Waals surface area (Å²) in [6.45, 7) is 0.390. The molecule has 1 aliphatic rings. The van der Waals surface area contributed by atoms with Crippen molar-refractivity contribution in [1.29, 1.82) is 0 Å². The second kappa shape index (κ2) is 9.27. The van der Waals surface area contributed by atoms with E-state index in [2.05, 4.69) is 4.98 Å². The number of carbonyl (C=O) groups excluding carboxylic acids is 1. The van der Waals surface area contributed by atoms with Gasteiger partial charge in [-0.2, -0.15) is 13.2 Å². The first kappa shape index (κ1) is 23.3. The molecule has 5 rings (SSSR count). The summed E-state index contributed by atoms with van der Waals surface area (Å²) in [6.07, 6.45) is -2.91. The third kappa shape index (κ3) is 4.98. The molecule has 0 spiro atoms. The molecule has 4 aromatic rings. The molecule has 0 radical (unpaired) electrons. The molecule has 2 aromatic carbocycles. The van der Waals surface area contributed by atoms with Gasteiger partial charge in [0.05, 0.1) is 18.4 Å². The molecular formula is C24H16ClF3N2O4S. The van der Waals surface area contributed by atoms with E-state index in [1.54, 1.807) is 29.6 Å². The maximum absolute atomic E-state index is 13.4. The topological polar surface area (TPSA) is 64.8 Å². The maximum Gasteiger partial charge on any atom is 0.416 e. The van der Waals surface area contributed by atoms with Crippen molar-refractivity contribution in [2.24, 2.45) is 0 Å². The maximum atomic E-state index is 13.4. The molecule has 0 fully saturated rings. The van der Waals surface area contributed by atoms with E-state index in [1.807, 2.05) is 0 Å². The quantitative estimate of drug-likeness (QED) is 0.285. The molecule has 0 N–H and O–H groups in total. The van der Waals surface area contributed by atoms with Crippen LogP contribution in [-0.4, -0.2) is 22.6 Å². The molecule has 0 saturated carbocycles. The Balaban J connectivity index is 1.41. The lowest BCUT2D eigenvalue weighted by molar-refractivity contribution is -0.137. The summed E-state index contributed by atoms with van der Waals surface area (Å²) in [5, 5.41) is 2.42. The van der Waals surface area contributed by atoms with E-state index in [9.17, 15) is 18.0 Å². The van der Waals surface area contributed by atoms with Gasteiger partial charge in [0.2, 0.25) is 6.79 Å². The van der Waals surface area contributed by atoms with E-state index in [0.717, 1.165) is 12.1 Å². The Morgan fingerprint density at radius 3 is 2.51 bits per heavy atom. The molecule has 6 nitrogen and oxygen atoms in total. The number of thiazole rings is 1. The average molecular weight is 521 g/mol. The third-order valence-electron chi connectivity index (χ3n) is 5.30. The first-order valence-corrected chi connectivity index (χ1v) is 11.6. The van der Waals surface area contributed by atoms with Crippen molar-refractivity contribution in [3.63, 3.8) is 0 Å². The van der Waals surface area contributed by atoms with Gasteiger partial charge in [0.1, 0.15) is 16.5 Å². The molecule has 1 amide bonds. The van der Waals surface area contributed by atoms with E-state index in [1.165, 1.54) is 34.6 Å². The molecule has 0 unspecified atom stereocenters. The molecule has 1 aliphatic heterocycles. The molecule has 0 aliphatic carbocycles. The predicted octanol–water partition coefficient (Wildman–Crippen LogP) is 6.65. The van der Waals surface area contributed by atoms with Crippen molar-refractivity contribution >= 4 is 28.8 Å². The number of rotatable bonds is 6. The van der Waals surface area contributed by atoms with Crippen molar-refractivity contribution in [3.8, 4) is 22.1 Å². The number of aromatic nitrogens is 1. The van der Waals surface area contributed by atoms with E-state index in [0.29, 0.717) is 38.4 Å². The van der Waals surface area contributed by atoms with E-state index in [4.69, 9.17) is 25.5 Å².